The molecule has 1 aromatic carbocycles. The average molecular weight is 455 g/mol. The topological polar surface area (TPSA) is 115 Å². The Morgan fingerprint density at radius 1 is 1.22 bits per heavy atom. The number of aliphatic carboxylic acids is 1. The van der Waals surface area contributed by atoms with Gasteiger partial charge >= 0.3 is 5.97 Å². The fourth-order valence-electron chi connectivity index (χ4n) is 3.69. The maximum absolute atomic E-state index is 13.0. The van der Waals surface area contributed by atoms with Crippen LogP contribution in [0, 0.1) is 0 Å². The Balaban J connectivity index is 1.67. The molecule has 0 aliphatic rings. The zero-order valence-electron chi connectivity index (χ0n) is 17.8. The molecule has 3 heterocycles. The van der Waals surface area contributed by atoms with E-state index >= 15 is 0 Å². The van der Waals surface area contributed by atoms with Crippen LogP contribution in [0.1, 0.15) is 25.2 Å². The molecule has 2 N–H and O–H groups in total. The molecular formula is C22H22N4O5S. The molecule has 10 heteroatoms. The molecule has 9 nitrogen and oxygen atoms in total. The van der Waals surface area contributed by atoms with E-state index in [1.54, 1.807) is 34.7 Å². The molecule has 0 aliphatic heterocycles. The van der Waals surface area contributed by atoms with Crippen molar-refractivity contribution in [3.63, 3.8) is 0 Å². The predicted octanol–water partition coefficient (Wildman–Crippen LogP) is 2.40. The second-order valence-corrected chi connectivity index (χ2v) is 8.42. The molecule has 32 heavy (non-hydrogen) atoms. The first-order valence-electron chi connectivity index (χ1n) is 9.96. The summed E-state index contributed by atoms with van der Waals surface area (Å²) in [5.41, 5.74) is -0.399. The van der Waals surface area contributed by atoms with Gasteiger partial charge in [0.1, 0.15) is 23.6 Å². The van der Waals surface area contributed by atoms with Crippen LogP contribution in [0.15, 0.2) is 46.6 Å². The molecule has 0 saturated heterocycles. The van der Waals surface area contributed by atoms with E-state index in [2.05, 4.69) is 10.4 Å². The number of aryl methyl sites for hydroxylation is 1. The van der Waals surface area contributed by atoms with Crippen molar-refractivity contribution < 1.29 is 19.4 Å². The Morgan fingerprint density at radius 3 is 2.56 bits per heavy atom. The number of carboxylic acid groups (broad SMARTS) is 1. The summed E-state index contributed by atoms with van der Waals surface area (Å²) in [6, 6.07) is 10.1. The van der Waals surface area contributed by atoms with Crippen LogP contribution in [0.25, 0.3) is 15.7 Å². The molecule has 0 radical (unpaired) electrons. The number of hydrogen-bond acceptors (Lipinski definition) is 6. The van der Waals surface area contributed by atoms with Crippen molar-refractivity contribution in [1.29, 1.82) is 0 Å². The molecule has 3 aromatic heterocycles. The zero-order valence-corrected chi connectivity index (χ0v) is 18.6. The van der Waals surface area contributed by atoms with Crippen LogP contribution in [-0.4, -0.2) is 38.3 Å². The van der Waals surface area contributed by atoms with Gasteiger partial charge in [-0.05, 0) is 42.1 Å². The normalized spacial score (nSPS) is 13.2. The van der Waals surface area contributed by atoms with Crippen molar-refractivity contribution in [2.75, 3.05) is 7.11 Å². The van der Waals surface area contributed by atoms with E-state index in [0.29, 0.717) is 29.1 Å². The Labute approximate surface area is 186 Å². The van der Waals surface area contributed by atoms with E-state index in [9.17, 15) is 19.5 Å². The van der Waals surface area contributed by atoms with Crippen molar-refractivity contribution in [1.82, 2.24) is 19.5 Å². The van der Waals surface area contributed by atoms with Gasteiger partial charge in [0.05, 0.1) is 17.3 Å². The number of hydrogen-bond donors (Lipinski definition) is 2. The Bertz CT molecular complexity index is 1390. The molecule has 1 atom stereocenters. The van der Waals surface area contributed by atoms with E-state index in [-0.39, 0.29) is 0 Å². The van der Waals surface area contributed by atoms with Gasteiger partial charge in [0.15, 0.2) is 5.54 Å². The summed E-state index contributed by atoms with van der Waals surface area (Å²) >= 11 is 1.52. The number of rotatable bonds is 7. The molecule has 4 rings (SSSR count). The minimum atomic E-state index is -1.69. The van der Waals surface area contributed by atoms with Crippen LogP contribution in [-0.2, 0) is 28.1 Å². The van der Waals surface area contributed by atoms with Gasteiger partial charge in [-0.25, -0.2) is 9.48 Å². The van der Waals surface area contributed by atoms with Gasteiger partial charge in [0.25, 0.3) is 5.56 Å². The number of benzene rings is 1. The lowest BCUT2D eigenvalue weighted by atomic mass is 9.92. The Morgan fingerprint density at radius 2 is 1.94 bits per heavy atom. The number of carbonyl (C=O) groups excluding carboxylic acids is 1. The third-order valence-electron chi connectivity index (χ3n) is 5.46. The third kappa shape index (κ3) is 3.52. The lowest BCUT2D eigenvalue weighted by Crippen LogP contribution is -2.51. The number of nitrogens with zero attached hydrogens (tertiary/aromatic N) is 3. The van der Waals surface area contributed by atoms with E-state index in [1.807, 2.05) is 18.4 Å². The molecule has 4 aromatic rings. The van der Waals surface area contributed by atoms with Gasteiger partial charge in [-0.1, -0.05) is 19.1 Å². The highest BCUT2D eigenvalue weighted by atomic mass is 32.1. The number of methoxy groups -OCH3 is 1. The molecule has 0 fully saturated rings. The van der Waals surface area contributed by atoms with Crippen LogP contribution in [0.4, 0.5) is 0 Å². The molecule has 0 aliphatic carbocycles. The van der Waals surface area contributed by atoms with Crippen LogP contribution in [0.2, 0.25) is 0 Å². The van der Waals surface area contributed by atoms with Crippen LogP contribution >= 0.6 is 11.3 Å². The number of aromatic nitrogens is 3. The molecule has 166 valence electrons. The second kappa shape index (κ2) is 8.12. The number of nitrogens with one attached hydrogen (secondary N) is 1. The van der Waals surface area contributed by atoms with Gasteiger partial charge in [-0.2, -0.15) is 5.10 Å². The Kier molecular flexibility index (Phi) is 5.47. The summed E-state index contributed by atoms with van der Waals surface area (Å²) in [7, 11) is 1.51. The summed E-state index contributed by atoms with van der Waals surface area (Å²) in [5, 5.41) is 18.7. The first-order chi connectivity index (χ1) is 15.3. The second-order valence-electron chi connectivity index (χ2n) is 7.47. The SMILES string of the molecule is CCc1nn(CC(=O)NC(C)(C(=O)O)c2ccc(OC)cc2)c(=O)c2cc3sccc3n12. The highest BCUT2D eigenvalue weighted by Gasteiger charge is 2.37. The highest BCUT2D eigenvalue weighted by molar-refractivity contribution is 7.17. The summed E-state index contributed by atoms with van der Waals surface area (Å²) in [6.45, 7) is 2.91. The van der Waals surface area contributed by atoms with Gasteiger partial charge in [-0.3, -0.25) is 14.0 Å². The Hall–Kier alpha value is -3.66. The average Bonchev–Trinajstić information content (AvgIpc) is 3.37. The molecular weight excluding hydrogens is 432 g/mol. The largest absolute Gasteiger partial charge is 0.497 e. The van der Waals surface area contributed by atoms with Crippen LogP contribution in [0.5, 0.6) is 5.75 Å². The lowest BCUT2D eigenvalue weighted by molar-refractivity contribution is -0.147. The fraction of sp³-hybridized carbons (Fsp3) is 0.273. The molecule has 0 bridgehead atoms. The predicted molar refractivity (Wildman–Crippen MR) is 120 cm³/mol. The maximum atomic E-state index is 13.0. The smallest absolute Gasteiger partial charge is 0.333 e. The van der Waals surface area contributed by atoms with Crippen molar-refractivity contribution in [2.24, 2.45) is 0 Å². The maximum Gasteiger partial charge on any atom is 0.333 e. The van der Waals surface area contributed by atoms with Gasteiger partial charge < -0.3 is 15.2 Å². The molecule has 1 unspecified atom stereocenters. The number of thiophene rings is 1. The van der Waals surface area contributed by atoms with Gasteiger partial charge in [0.2, 0.25) is 5.91 Å². The number of ether oxygens (including phenoxy) is 1. The van der Waals surface area contributed by atoms with E-state index in [0.717, 1.165) is 14.9 Å². The summed E-state index contributed by atoms with van der Waals surface area (Å²) in [6.07, 6.45) is 0.552. The van der Waals surface area contributed by atoms with Crippen molar-refractivity contribution in [3.05, 3.63) is 63.5 Å². The molecule has 1 amide bonds. The number of fused-ring (bicyclic) bond motifs is 3. The lowest BCUT2D eigenvalue weighted by Gasteiger charge is -2.27. The fourth-order valence-corrected chi connectivity index (χ4v) is 4.49. The molecule has 0 spiro atoms. The molecule has 0 saturated carbocycles. The van der Waals surface area contributed by atoms with Gasteiger partial charge in [-0.15, -0.1) is 11.3 Å². The van der Waals surface area contributed by atoms with Crippen molar-refractivity contribution in [3.8, 4) is 5.75 Å². The highest BCUT2D eigenvalue weighted by Crippen LogP contribution is 2.25. The van der Waals surface area contributed by atoms with Gasteiger partial charge in [0, 0.05) is 6.42 Å². The standard InChI is InChI=1S/C22H22N4O5S/c1-4-18-24-25(20(28)16-11-17-15(26(16)18)9-10-32-17)12-19(27)23-22(2,21(29)30)13-5-7-14(31-3)8-6-13/h5-11H,4,12H2,1-3H3,(H,23,27)(H,29,30). The van der Waals surface area contributed by atoms with E-state index < -0.39 is 29.5 Å². The first-order valence-corrected chi connectivity index (χ1v) is 10.8. The van der Waals surface area contributed by atoms with E-state index in [1.165, 1.54) is 25.4 Å². The minimum Gasteiger partial charge on any atom is -0.497 e. The van der Waals surface area contributed by atoms with Crippen molar-refractivity contribution in [2.45, 2.75) is 32.4 Å². The number of carbonyl (C=O) groups is 2. The number of carboxylic acids is 1. The van der Waals surface area contributed by atoms with Crippen LogP contribution < -0.4 is 15.6 Å². The van der Waals surface area contributed by atoms with Crippen LogP contribution in [0.3, 0.4) is 0 Å². The zero-order chi connectivity index (χ0) is 23.0. The first kappa shape index (κ1) is 21.6. The number of amides is 1. The summed E-state index contributed by atoms with van der Waals surface area (Å²) in [4.78, 5) is 37.9. The third-order valence-corrected chi connectivity index (χ3v) is 6.32. The quantitative estimate of drug-likeness (QED) is 0.443. The summed E-state index contributed by atoms with van der Waals surface area (Å²) in [5.74, 6) is -0.666. The van der Waals surface area contributed by atoms with E-state index in [4.69, 9.17) is 4.74 Å². The summed E-state index contributed by atoms with van der Waals surface area (Å²) < 4.78 is 8.96. The minimum absolute atomic E-state index is 0.371. The monoisotopic (exact) mass is 454 g/mol. The van der Waals surface area contributed by atoms with Crippen molar-refractivity contribution >= 4 is 38.9 Å².